The summed E-state index contributed by atoms with van der Waals surface area (Å²) in [5.74, 6) is 0.872. The summed E-state index contributed by atoms with van der Waals surface area (Å²) in [5.41, 5.74) is 1.11. The molecular formula is C16H17N5OS. The summed E-state index contributed by atoms with van der Waals surface area (Å²) < 4.78 is 1.60. The molecule has 2 aromatic heterocycles. The van der Waals surface area contributed by atoms with Gasteiger partial charge in [0.05, 0.1) is 11.8 Å². The molecular weight excluding hydrogens is 310 g/mol. The van der Waals surface area contributed by atoms with E-state index in [4.69, 9.17) is 0 Å². The Balaban J connectivity index is 1.62. The van der Waals surface area contributed by atoms with E-state index in [2.05, 4.69) is 15.1 Å². The molecule has 0 radical (unpaired) electrons. The van der Waals surface area contributed by atoms with Gasteiger partial charge in [-0.25, -0.2) is 9.50 Å². The second kappa shape index (κ2) is 6.78. The third-order valence-corrected chi connectivity index (χ3v) is 4.50. The molecule has 3 aromatic rings. The number of rotatable bonds is 5. The van der Waals surface area contributed by atoms with E-state index in [9.17, 15) is 4.79 Å². The average molecular weight is 327 g/mol. The quantitative estimate of drug-likeness (QED) is 0.674. The van der Waals surface area contributed by atoms with E-state index < -0.39 is 0 Å². The zero-order valence-corrected chi connectivity index (χ0v) is 13.8. The van der Waals surface area contributed by atoms with Gasteiger partial charge in [-0.3, -0.25) is 4.79 Å². The minimum absolute atomic E-state index is 0.0278. The Morgan fingerprint density at radius 2 is 2.09 bits per heavy atom. The second-order valence-corrected chi connectivity index (χ2v) is 6.08. The summed E-state index contributed by atoms with van der Waals surface area (Å²) in [5, 5.41) is 4.84. The number of hydrogen-bond donors (Lipinski definition) is 0. The first kappa shape index (κ1) is 15.5. The Labute approximate surface area is 138 Å². The number of carbonyl (C=O) groups is 1. The van der Waals surface area contributed by atoms with Gasteiger partial charge in [-0.1, -0.05) is 42.1 Å². The first-order valence-electron chi connectivity index (χ1n) is 7.26. The fourth-order valence-corrected chi connectivity index (χ4v) is 2.92. The molecule has 2 heterocycles. The van der Waals surface area contributed by atoms with Gasteiger partial charge < -0.3 is 4.90 Å². The van der Waals surface area contributed by atoms with E-state index in [0.717, 1.165) is 5.56 Å². The van der Waals surface area contributed by atoms with Gasteiger partial charge in [0.2, 0.25) is 11.1 Å². The van der Waals surface area contributed by atoms with Gasteiger partial charge in [-0.2, -0.15) is 4.98 Å². The number of aromatic nitrogens is 4. The molecule has 118 valence electrons. The lowest BCUT2D eigenvalue weighted by Crippen LogP contribution is -2.31. The van der Waals surface area contributed by atoms with E-state index in [1.807, 2.05) is 44.3 Å². The van der Waals surface area contributed by atoms with Crippen molar-refractivity contribution < 1.29 is 4.79 Å². The zero-order valence-electron chi connectivity index (χ0n) is 13.0. The van der Waals surface area contributed by atoms with Gasteiger partial charge in [0.15, 0.2) is 0 Å². The number of amides is 1. The Bertz CT molecular complexity index is 771. The fraction of sp³-hybridized carbons (Fsp3) is 0.250. The van der Waals surface area contributed by atoms with Gasteiger partial charge in [-0.15, -0.1) is 5.10 Å². The van der Waals surface area contributed by atoms with Gasteiger partial charge in [0, 0.05) is 19.4 Å². The largest absolute Gasteiger partial charge is 0.338 e. The summed E-state index contributed by atoms with van der Waals surface area (Å²) >= 11 is 1.32. The first-order chi connectivity index (χ1) is 11.1. The smallest absolute Gasteiger partial charge is 0.253 e. The van der Waals surface area contributed by atoms with Crippen LogP contribution in [0.4, 0.5) is 0 Å². The minimum atomic E-state index is 0.0278. The second-order valence-electron chi connectivity index (χ2n) is 5.14. The van der Waals surface area contributed by atoms with Crippen molar-refractivity contribution in [1.29, 1.82) is 0 Å². The van der Waals surface area contributed by atoms with Crippen LogP contribution in [-0.4, -0.2) is 43.2 Å². The lowest BCUT2D eigenvalue weighted by atomic mass is 10.1. The summed E-state index contributed by atoms with van der Waals surface area (Å²) in [6.45, 7) is 2.02. The molecule has 1 amide bonds. The van der Waals surface area contributed by atoms with E-state index in [-0.39, 0.29) is 11.9 Å². The molecule has 7 heteroatoms. The highest BCUT2D eigenvalue weighted by atomic mass is 32.2. The lowest BCUT2D eigenvalue weighted by molar-refractivity contribution is -0.128. The van der Waals surface area contributed by atoms with Crippen LogP contribution in [0.5, 0.6) is 0 Å². The fourth-order valence-electron chi connectivity index (χ4n) is 2.17. The van der Waals surface area contributed by atoms with Crippen molar-refractivity contribution in [1.82, 2.24) is 24.5 Å². The van der Waals surface area contributed by atoms with Crippen molar-refractivity contribution in [2.24, 2.45) is 0 Å². The molecule has 1 aromatic carbocycles. The van der Waals surface area contributed by atoms with Crippen LogP contribution in [0, 0.1) is 0 Å². The maximum atomic E-state index is 12.4. The third kappa shape index (κ3) is 3.50. The lowest BCUT2D eigenvalue weighted by Gasteiger charge is -2.25. The molecule has 0 saturated heterocycles. The van der Waals surface area contributed by atoms with Crippen molar-refractivity contribution >= 4 is 23.4 Å². The molecule has 0 saturated carbocycles. The maximum absolute atomic E-state index is 12.4. The Morgan fingerprint density at radius 3 is 2.83 bits per heavy atom. The zero-order chi connectivity index (χ0) is 16.2. The molecule has 1 atom stereocenters. The highest BCUT2D eigenvalue weighted by Gasteiger charge is 2.18. The molecule has 0 aliphatic heterocycles. The van der Waals surface area contributed by atoms with Gasteiger partial charge in [-0.05, 0) is 18.6 Å². The van der Waals surface area contributed by atoms with E-state index in [0.29, 0.717) is 16.7 Å². The molecule has 0 bridgehead atoms. The van der Waals surface area contributed by atoms with Gasteiger partial charge >= 0.3 is 0 Å². The first-order valence-corrected chi connectivity index (χ1v) is 8.24. The molecule has 0 fully saturated rings. The summed E-state index contributed by atoms with van der Waals surface area (Å²) in [4.78, 5) is 22.5. The van der Waals surface area contributed by atoms with Crippen LogP contribution >= 0.6 is 11.8 Å². The number of fused-ring (bicyclic) bond motifs is 1. The number of benzene rings is 1. The van der Waals surface area contributed by atoms with Crippen LogP contribution in [0.1, 0.15) is 18.5 Å². The van der Waals surface area contributed by atoms with E-state index >= 15 is 0 Å². The van der Waals surface area contributed by atoms with E-state index in [1.54, 1.807) is 27.9 Å². The topological polar surface area (TPSA) is 63.4 Å². The summed E-state index contributed by atoms with van der Waals surface area (Å²) in [7, 11) is 1.82. The number of carbonyl (C=O) groups excluding carboxylic acids is 1. The summed E-state index contributed by atoms with van der Waals surface area (Å²) in [6.07, 6.45) is 3.45. The standard InChI is InChI=1S/C16H17N5OS/c1-12(13-7-4-3-5-8-13)20(2)14(22)11-23-16-18-15-17-9-6-10-21(15)19-16/h3-10,12H,11H2,1-2H3. The van der Waals surface area contributed by atoms with Crippen molar-refractivity contribution in [3.63, 3.8) is 0 Å². The Kier molecular flexibility index (Phi) is 4.57. The normalized spacial score (nSPS) is 12.3. The average Bonchev–Trinajstić information content (AvgIpc) is 3.02. The molecule has 6 nitrogen and oxygen atoms in total. The third-order valence-electron chi connectivity index (χ3n) is 3.68. The van der Waals surface area contributed by atoms with Crippen molar-refractivity contribution in [3.05, 3.63) is 54.4 Å². The van der Waals surface area contributed by atoms with Crippen molar-refractivity contribution in [2.45, 2.75) is 18.1 Å². The Hall–Kier alpha value is -2.41. The summed E-state index contributed by atoms with van der Waals surface area (Å²) in [6, 6.07) is 11.8. The molecule has 0 aliphatic carbocycles. The van der Waals surface area contributed by atoms with Crippen LogP contribution in [0.2, 0.25) is 0 Å². The number of nitrogens with zero attached hydrogens (tertiary/aromatic N) is 5. The number of hydrogen-bond acceptors (Lipinski definition) is 5. The van der Waals surface area contributed by atoms with Gasteiger partial charge in [0.25, 0.3) is 5.78 Å². The molecule has 23 heavy (non-hydrogen) atoms. The predicted molar refractivity (Wildman–Crippen MR) is 89.1 cm³/mol. The highest BCUT2D eigenvalue weighted by molar-refractivity contribution is 7.99. The highest BCUT2D eigenvalue weighted by Crippen LogP contribution is 2.20. The van der Waals surface area contributed by atoms with Gasteiger partial charge in [0.1, 0.15) is 0 Å². The molecule has 0 spiro atoms. The van der Waals surface area contributed by atoms with Crippen LogP contribution in [0.3, 0.4) is 0 Å². The number of thioether (sulfide) groups is 1. The van der Waals surface area contributed by atoms with Crippen LogP contribution < -0.4 is 0 Å². The maximum Gasteiger partial charge on any atom is 0.253 e. The van der Waals surface area contributed by atoms with Crippen LogP contribution in [0.15, 0.2) is 53.9 Å². The SMILES string of the molecule is CC(c1ccccc1)N(C)C(=O)CSc1nc2ncccn2n1. The van der Waals surface area contributed by atoms with Crippen molar-refractivity contribution in [2.75, 3.05) is 12.8 Å². The molecule has 0 aliphatic rings. The Morgan fingerprint density at radius 1 is 1.30 bits per heavy atom. The monoisotopic (exact) mass is 327 g/mol. The van der Waals surface area contributed by atoms with E-state index in [1.165, 1.54) is 11.8 Å². The molecule has 1 unspecified atom stereocenters. The van der Waals surface area contributed by atoms with Crippen LogP contribution in [0.25, 0.3) is 5.78 Å². The molecule has 3 rings (SSSR count). The molecule has 0 N–H and O–H groups in total. The van der Waals surface area contributed by atoms with Crippen LogP contribution in [-0.2, 0) is 4.79 Å². The minimum Gasteiger partial charge on any atom is -0.338 e. The van der Waals surface area contributed by atoms with Crippen molar-refractivity contribution in [3.8, 4) is 0 Å². The predicted octanol–water partition coefficient (Wildman–Crippen LogP) is 2.44.